The molecule has 7 nitrogen and oxygen atoms in total. The number of aliphatic carboxylic acids is 2. The predicted octanol–water partition coefficient (Wildman–Crippen LogP) is -1.92. The van der Waals surface area contributed by atoms with Gasteiger partial charge in [-0.25, -0.2) is 14.4 Å². The molecule has 0 saturated heterocycles. The molecule has 0 aromatic carbocycles. The van der Waals surface area contributed by atoms with Gasteiger partial charge in [0.15, 0.2) is 0 Å². The molecular formula is C3H6Na2O7. The molecular weight excluding hydrogens is 194 g/mol. The van der Waals surface area contributed by atoms with E-state index in [1.54, 1.807) is 0 Å². The van der Waals surface area contributed by atoms with Crippen LogP contribution in [0.15, 0.2) is 0 Å². The normalized spacial score (nSPS) is 5.67. The molecule has 0 aliphatic heterocycles. The third-order valence-corrected chi connectivity index (χ3v) is 0.183. The van der Waals surface area contributed by atoms with Gasteiger partial charge in [0.1, 0.15) is 0 Å². The molecule has 0 unspecified atom stereocenters. The fraction of sp³-hybridized carbons (Fsp3) is 0. The quantitative estimate of drug-likeness (QED) is 0.264. The number of carbonyl (C=O) groups is 3. The van der Waals surface area contributed by atoms with Gasteiger partial charge in [0, 0.05) is 0 Å². The summed E-state index contributed by atoms with van der Waals surface area (Å²) in [5.74, 6) is -3.65. The Labute approximate surface area is 111 Å². The van der Waals surface area contributed by atoms with E-state index >= 15 is 0 Å². The Hall–Kier alpha value is 0.210. The van der Waals surface area contributed by atoms with Gasteiger partial charge in [-0.1, -0.05) is 0 Å². The van der Waals surface area contributed by atoms with Gasteiger partial charge in [0.25, 0.3) is 0 Å². The first-order valence-electron chi connectivity index (χ1n) is 1.76. The second-order valence-corrected chi connectivity index (χ2v) is 0.893. The molecule has 0 aromatic rings. The molecule has 0 aliphatic carbocycles. The van der Waals surface area contributed by atoms with Crippen LogP contribution in [0.5, 0.6) is 0 Å². The molecule has 0 saturated carbocycles. The van der Waals surface area contributed by atoms with E-state index in [4.69, 9.17) is 34.8 Å². The van der Waals surface area contributed by atoms with Gasteiger partial charge in [-0.05, 0) is 0 Å². The van der Waals surface area contributed by atoms with Crippen LogP contribution >= 0.6 is 0 Å². The molecule has 12 heavy (non-hydrogen) atoms. The first-order valence-corrected chi connectivity index (χ1v) is 1.76. The van der Waals surface area contributed by atoms with E-state index in [2.05, 4.69) is 0 Å². The number of carboxylic acid groups (broad SMARTS) is 4. The molecule has 62 valence electrons. The molecule has 0 amide bonds. The van der Waals surface area contributed by atoms with Crippen LogP contribution in [0, 0.1) is 0 Å². The van der Waals surface area contributed by atoms with E-state index in [0.717, 1.165) is 0 Å². The molecule has 0 radical (unpaired) electrons. The molecule has 0 fully saturated rings. The Morgan fingerprint density at radius 1 is 0.667 bits per heavy atom. The molecule has 0 atom stereocenters. The summed E-state index contributed by atoms with van der Waals surface area (Å²) in [5.41, 5.74) is 0. The van der Waals surface area contributed by atoms with E-state index in [0.29, 0.717) is 0 Å². The zero-order chi connectivity index (χ0) is 8.73. The van der Waals surface area contributed by atoms with Crippen molar-refractivity contribution < 1.29 is 34.8 Å². The van der Waals surface area contributed by atoms with Crippen LogP contribution in [0.1, 0.15) is 0 Å². The number of carboxylic acids is 2. The SMILES string of the molecule is O=C(O)C(=O)O.O=C(O)O.[NaH].[NaH]. The first-order chi connectivity index (χ1) is 4.37. The molecule has 0 heterocycles. The van der Waals surface area contributed by atoms with Crippen LogP contribution in [-0.4, -0.2) is 97.6 Å². The zero-order valence-corrected chi connectivity index (χ0v) is 4.51. The Morgan fingerprint density at radius 3 is 0.750 bits per heavy atom. The number of hydrogen-bond acceptors (Lipinski definition) is 3. The van der Waals surface area contributed by atoms with Crippen molar-refractivity contribution in [3.8, 4) is 0 Å². The monoisotopic (exact) mass is 200 g/mol. The van der Waals surface area contributed by atoms with Crippen LogP contribution in [-0.2, 0) is 9.59 Å². The van der Waals surface area contributed by atoms with Gasteiger partial charge < -0.3 is 20.4 Å². The van der Waals surface area contributed by atoms with Gasteiger partial charge >= 0.3 is 77.2 Å². The van der Waals surface area contributed by atoms with Crippen LogP contribution < -0.4 is 0 Å². The second-order valence-electron chi connectivity index (χ2n) is 0.893. The van der Waals surface area contributed by atoms with Crippen molar-refractivity contribution in [2.45, 2.75) is 0 Å². The number of rotatable bonds is 0. The maximum atomic E-state index is 9.10. The van der Waals surface area contributed by atoms with Gasteiger partial charge in [0.2, 0.25) is 0 Å². The molecule has 0 bridgehead atoms. The van der Waals surface area contributed by atoms with Gasteiger partial charge in [0.05, 0.1) is 0 Å². The topological polar surface area (TPSA) is 132 Å². The summed E-state index contributed by atoms with van der Waals surface area (Å²) in [4.78, 5) is 26.8. The van der Waals surface area contributed by atoms with Crippen LogP contribution in [0.3, 0.4) is 0 Å². The molecule has 0 rings (SSSR count). The van der Waals surface area contributed by atoms with Gasteiger partial charge in [-0.15, -0.1) is 0 Å². The standard InChI is InChI=1S/C2H2O4.CH2O3.2Na.2H/c3-1(4)2(5)6;2-1(3)4;;;;/h(H,3,4)(H,5,6);(H2,2,3,4);;;;. The Morgan fingerprint density at radius 2 is 0.750 bits per heavy atom. The van der Waals surface area contributed by atoms with Gasteiger partial charge in [-0.2, -0.15) is 0 Å². The summed E-state index contributed by atoms with van der Waals surface area (Å²) < 4.78 is 0. The van der Waals surface area contributed by atoms with E-state index in [9.17, 15) is 0 Å². The third-order valence-electron chi connectivity index (χ3n) is 0.183. The fourth-order valence-corrected chi connectivity index (χ4v) is 0. The summed E-state index contributed by atoms with van der Waals surface area (Å²) in [6.45, 7) is 0. The maximum absolute atomic E-state index is 9.10. The van der Waals surface area contributed by atoms with Crippen molar-refractivity contribution >= 4 is 77.2 Å². The van der Waals surface area contributed by atoms with Crippen molar-refractivity contribution in [1.82, 2.24) is 0 Å². The molecule has 9 heteroatoms. The van der Waals surface area contributed by atoms with Crippen molar-refractivity contribution in [1.29, 1.82) is 0 Å². The van der Waals surface area contributed by atoms with Crippen molar-refractivity contribution in [2.75, 3.05) is 0 Å². The van der Waals surface area contributed by atoms with Crippen molar-refractivity contribution in [3.63, 3.8) is 0 Å². The summed E-state index contributed by atoms with van der Waals surface area (Å²) in [6, 6.07) is 0. The molecule has 0 aromatic heterocycles. The zero-order valence-electron chi connectivity index (χ0n) is 4.51. The first kappa shape index (κ1) is 22.8. The Balaban J connectivity index is -0.0000000483. The minimum absolute atomic E-state index is 0. The van der Waals surface area contributed by atoms with Crippen LogP contribution in [0.2, 0.25) is 0 Å². The van der Waals surface area contributed by atoms with Crippen LogP contribution in [0.25, 0.3) is 0 Å². The average Bonchev–Trinajstić information content (AvgIpc) is 1.63. The second kappa shape index (κ2) is 13.8. The van der Waals surface area contributed by atoms with Gasteiger partial charge in [-0.3, -0.25) is 0 Å². The van der Waals surface area contributed by atoms with Crippen LogP contribution in [0.4, 0.5) is 4.79 Å². The van der Waals surface area contributed by atoms with Crippen molar-refractivity contribution in [3.05, 3.63) is 0 Å². The third kappa shape index (κ3) is 48.9. The Bertz CT molecular complexity index is 139. The van der Waals surface area contributed by atoms with Crippen molar-refractivity contribution in [2.24, 2.45) is 0 Å². The average molecular weight is 200 g/mol. The van der Waals surface area contributed by atoms with E-state index in [1.807, 2.05) is 0 Å². The molecule has 4 N–H and O–H groups in total. The summed E-state index contributed by atoms with van der Waals surface area (Å²) in [6.07, 6.45) is -1.83. The van der Waals surface area contributed by atoms with E-state index in [-0.39, 0.29) is 59.1 Å². The summed E-state index contributed by atoms with van der Waals surface area (Å²) in [7, 11) is 0. The Kier molecular flexibility index (Phi) is 26.1. The van der Waals surface area contributed by atoms with E-state index < -0.39 is 18.1 Å². The summed E-state index contributed by atoms with van der Waals surface area (Å²) in [5, 5.41) is 28.7. The van der Waals surface area contributed by atoms with E-state index in [1.165, 1.54) is 0 Å². The number of hydrogen-bond donors (Lipinski definition) is 4. The minimum atomic E-state index is -1.83. The molecule has 0 aliphatic rings. The summed E-state index contributed by atoms with van der Waals surface area (Å²) >= 11 is 0. The molecule has 0 spiro atoms. The fourth-order valence-electron chi connectivity index (χ4n) is 0. The predicted molar refractivity (Wildman–Crippen MR) is 40.2 cm³/mol.